The van der Waals surface area contributed by atoms with E-state index in [0.717, 1.165) is 18.4 Å². The summed E-state index contributed by atoms with van der Waals surface area (Å²) in [5, 5.41) is 11.2. The minimum atomic E-state index is -0.400. The molecule has 1 fully saturated rings. The van der Waals surface area contributed by atoms with Gasteiger partial charge in [-0.3, -0.25) is 14.9 Å². The molecule has 6 heteroatoms. The number of aryl methyl sites for hydroxylation is 1. The van der Waals surface area contributed by atoms with Gasteiger partial charge in [0, 0.05) is 12.1 Å². The van der Waals surface area contributed by atoms with Crippen molar-refractivity contribution in [2.45, 2.75) is 32.7 Å². The first kappa shape index (κ1) is 14.3. The van der Waals surface area contributed by atoms with Crippen LogP contribution in [0.2, 0.25) is 0 Å². The third kappa shape index (κ3) is 3.07. The fourth-order valence-electron chi connectivity index (χ4n) is 2.29. The average Bonchev–Trinajstić information content (AvgIpc) is 3.20. The average molecular weight is 278 g/mol. The molecule has 1 saturated carbocycles. The minimum absolute atomic E-state index is 0.0428. The maximum atomic E-state index is 11.7. The summed E-state index contributed by atoms with van der Waals surface area (Å²) in [6.45, 7) is 3.94. The quantitative estimate of drug-likeness (QED) is 0.454. The fourth-order valence-corrected chi connectivity index (χ4v) is 2.29. The van der Waals surface area contributed by atoms with Crippen molar-refractivity contribution in [2.75, 3.05) is 18.1 Å². The van der Waals surface area contributed by atoms with Crippen LogP contribution in [0.25, 0.3) is 0 Å². The molecule has 1 aliphatic rings. The number of carbonyl (C=O) groups is 1. The second-order valence-corrected chi connectivity index (χ2v) is 4.86. The zero-order valence-corrected chi connectivity index (χ0v) is 11.7. The van der Waals surface area contributed by atoms with Crippen LogP contribution in [0.4, 0.5) is 11.4 Å². The zero-order chi connectivity index (χ0) is 14.7. The highest BCUT2D eigenvalue weighted by Crippen LogP contribution is 2.38. The Labute approximate surface area is 117 Å². The van der Waals surface area contributed by atoms with Gasteiger partial charge in [-0.25, -0.2) is 0 Å². The van der Waals surface area contributed by atoms with Crippen LogP contribution in [0, 0.1) is 17.0 Å². The predicted molar refractivity (Wildman–Crippen MR) is 74.8 cm³/mol. The fraction of sp³-hybridized carbons (Fsp3) is 0.500. The van der Waals surface area contributed by atoms with Crippen LogP contribution in [0.15, 0.2) is 18.2 Å². The van der Waals surface area contributed by atoms with Crippen molar-refractivity contribution in [1.82, 2.24) is 0 Å². The molecule has 1 aromatic carbocycles. The van der Waals surface area contributed by atoms with Crippen molar-refractivity contribution in [3.05, 3.63) is 33.9 Å². The van der Waals surface area contributed by atoms with Gasteiger partial charge < -0.3 is 9.64 Å². The third-order valence-electron chi connectivity index (χ3n) is 3.29. The number of carbonyl (C=O) groups excluding carboxylic acids is 1. The van der Waals surface area contributed by atoms with Crippen molar-refractivity contribution in [1.29, 1.82) is 0 Å². The van der Waals surface area contributed by atoms with Crippen LogP contribution in [0.1, 0.15) is 25.3 Å². The van der Waals surface area contributed by atoms with E-state index < -0.39 is 4.92 Å². The summed E-state index contributed by atoms with van der Waals surface area (Å²) in [5.74, 6) is -0.350. The second-order valence-electron chi connectivity index (χ2n) is 4.86. The predicted octanol–water partition coefficient (Wildman–Crippen LogP) is 2.44. The summed E-state index contributed by atoms with van der Waals surface area (Å²) in [4.78, 5) is 24.3. The highest BCUT2D eigenvalue weighted by atomic mass is 16.6. The van der Waals surface area contributed by atoms with E-state index in [1.807, 2.05) is 17.9 Å². The molecule has 0 saturated heterocycles. The number of rotatable bonds is 6. The first-order valence-electron chi connectivity index (χ1n) is 6.70. The van der Waals surface area contributed by atoms with Crippen LogP contribution in [0.5, 0.6) is 0 Å². The molecule has 0 amide bonds. The van der Waals surface area contributed by atoms with Crippen molar-refractivity contribution in [3.63, 3.8) is 0 Å². The van der Waals surface area contributed by atoms with Crippen molar-refractivity contribution >= 4 is 17.3 Å². The Morgan fingerprint density at radius 3 is 2.75 bits per heavy atom. The van der Waals surface area contributed by atoms with Gasteiger partial charge in [-0.05, 0) is 32.3 Å². The minimum Gasteiger partial charge on any atom is -0.465 e. The smallest absolute Gasteiger partial charge is 0.325 e. The van der Waals surface area contributed by atoms with Gasteiger partial charge in [-0.15, -0.1) is 0 Å². The molecule has 0 radical (unpaired) electrons. The topological polar surface area (TPSA) is 72.7 Å². The first-order valence-corrected chi connectivity index (χ1v) is 6.70. The maximum Gasteiger partial charge on any atom is 0.325 e. The van der Waals surface area contributed by atoms with E-state index in [1.165, 1.54) is 6.07 Å². The van der Waals surface area contributed by atoms with Gasteiger partial charge in [0.1, 0.15) is 12.2 Å². The third-order valence-corrected chi connectivity index (χ3v) is 3.29. The second kappa shape index (κ2) is 5.90. The lowest BCUT2D eigenvalue weighted by atomic mass is 10.1. The van der Waals surface area contributed by atoms with Crippen molar-refractivity contribution < 1.29 is 14.5 Å². The molecule has 6 nitrogen and oxygen atoms in total. The van der Waals surface area contributed by atoms with Gasteiger partial charge in [0.05, 0.1) is 11.5 Å². The molecule has 0 bridgehead atoms. The van der Waals surface area contributed by atoms with Gasteiger partial charge in [0.2, 0.25) is 0 Å². The number of hydrogen-bond acceptors (Lipinski definition) is 5. The van der Waals surface area contributed by atoms with E-state index in [-0.39, 0.29) is 24.2 Å². The van der Waals surface area contributed by atoms with Crippen LogP contribution in [-0.2, 0) is 9.53 Å². The molecule has 1 aliphatic carbocycles. The Morgan fingerprint density at radius 1 is 1.50 bits per heavy atom. The summed E-state index contributed by atoms with van der Waals surface area (Å²) in [5.41, 5.74) is 1.38. The van der Waals surface area contributed by atoms with Crippen LogP contribution in [-0.4, -0.2) is 30.1 Å². The van der Waals surface area contributed by atoms with Crippen LogP contribution in [0.3, 0.4) is 0 Å². The van der Waals surface area contributed by atoms with Gasteiger partial charge in [-0.2, -0.15) is 0 Å². The van der Waals surface area contributed by atoms with E-state index in [4.69, 9.17) is 4.74 Å². The molecule has 108 valence electrons. The lowest BCUT2D eigenvalue weighted by molar-refractivity contribution is -0.384. The standard InChI is InChI=1S/C14H18N2O4/c1-3-20-13(17)9-15(11-7-8-11)14-10(2)5-4-6-12(14)16(18)19/h4-6,11H,3,7-9H2,1-2H3. The number of hydrogen-bond donors (Lipinski definition) is 0. The molecule has 0 aliphatic heterocycles. The molecule has 0 unspecified atom stereocenters. The lowest BCUT2D eigenvalue weighted by Gasteiger charge is -2.24. The Bertz CT molecular complexity index is 526. The molecular weight excluding hydrogens is 260 g/mol. The maximum absolute atomic E-state index is 11.7. The SMILES string of the molecule is CCOC(=O)CN(c1c(C)cccc1[N+](=O)[O-])C1CC1. The number of anilines is 1. The summed E-state index contributed by atoms with van der Waals surface area (Å²) >= 11 is 0. The van der Waals surface area contributed by atoms with E-state index in [1.54, 1.807) is 13.0 Å². The summed E-state index contributed by atoms with van der Waals surface area (Å²) in [6.07, 6.45) is 1.90. The molecule has 0 heterocycles. The number of ether oxygens (including phenoxy) is 1. The van der Waals surface area contributed by atoms with Crippen molar-refractivity contribution in [3.8, 4) is 0 Å². The van der Waals surface area contributed by atoms with Gasteiger partial charge in [-0.1, -0.05) is 12.1 Å². The van der Waals surface area contributed by atoms with Crippen molar-refractivity contribution in [2.24, 2.45) is 0 Å². The van der Waals surface area contributed by atoms with Gasteiger partial charge in [0.25, 0.3) is 5.69 Å². The zero-order valence-electron chi connectivity index (χ0n) is 11.7. The van der Waals surface area contributed by atoms with E-state index in [9.17, 15) is 14.9 Å². The molecule has 1 aromatic rings. The highest BCUT2D eigenvalue weighted by Gasteiger charge is 2.35. The number of benzene rings is 1. The highest BCUT2D eigenvalue weighted by molar-refractivity contribution is 5.79. The largest absolute Gasteiger partial charge is 0.465 e. The normalized spacial score (nSPS) is 13.9. The van der Waals surface area contributed by atoms with E-state index >= 15 is 0 Å². The molecule has 0 N–H and O–H groups in total. The van der Waals surface area contributed by atoms with E-state index in [2.05, 4.69) is 0 Å². The molecule has 2 rings (SSSR count). The van der Waals surface area contributed by atoms with Crippen LogP contribution >= 0.6 is 0 Å². The Balaban J connectivity index is 2.34. The van der Waals surface area contributed by atoms with Crippen LogP contribution < -0.4 is 4.90 Å². The number of esters is 1. The number of nitro benzene ring substituents is 1. The molecular formula is C14H18N2O4. The number of nitro groups is 1. The number of nitrogens with zero attached hydrogens (tertiary/aromatic N) is 2. The van der Waals surface area contributed by atoms with Gasteiger partial charge in [0.15, 0.2) is 0 Å². The van der Waals surface area contributed by atoms with Gasteiger partial charge >= 0.3 is 5.97 Å². The summed E-state index contributed by atoms with van der Waals surface area (Å²) in [6, 6.07) is 5.15. The molecule has 0 spiro atoms. The Hall–Kier alpha value is -2.11. The molecule has 0 aromatic heterocycles. The molecule has 20 heavy (non-hydrogen) atoms. The van der Waals surface area contributed by atoms with E-state index in [0.29, 0.717) is 12.3 Å². The lowest BCUT2D eigenvalue weighted by Crippen LogP contribution is -2.34. The monoisotopic (exact) mass is 278 g/mol. The Morgan fingerprint density at radius 2 is 2.20 bits per heavy atom. The summed E-state index contributed by atoms with van der Waals surface area (Å²) < 4.78 is 4.96. The summed E-state index contributed by atoms with van der Waals surface area (Å²) in [7, 11) is 0. The first-order chi connectivity index (χ1) is 9.54. The number of para-hydroxylation sites is 1. The Kier molecular flexibility index (Phi) is 4.22. The molecule has 0 atom stereocenters.